The van der Waals surface area contributed by atoms with Crippen molar-refractivity contribution in [3.8, 4) is 5.75 Å². The number of methoxy groups -OCH3 is 1. The van der Waals surface area contributed by atoms with Gasteiger partial charge < -0.3 is 29.9 Å². The Balaban J connectivity index is 0.000000537. The second kappa shape index (κ2) is 19.8. The summed E-state index contributed by atoms with van der Waals surface area (Å²) < 4.78 is 9.91. The predicted octanol–water partition coefficient (Wildman–Crippen LogP) is 3.18. The number of ether oxygens (including phenoxy) is 2. The van der Waals surface area contributed by atoms with Crippen molar-refractivity contribution in [3.63, 3.8) is 0 Å². The second-order valence-electron chi connectivity index (χ2n) is 10.4. The van der Waals surface area contributed by atoms with E-state index in [1.165, 1.54) is 21.5 Å². The van der Waals surface area contributed by atoms with Gasteiger partial charge in [0.25, 0.3) is 0 Å². The summed E-state index contributed by atoms with van der Waals surface area (Å²) in [5.74, 6) is 0.712. The van der Waals surface area contributed by atoms with Crippen molar-refractivity contribution < 1.29 is 28.7 Å². The summed E-state index contributed by atoms with van der Waals surface area (Å²) in [7, 11) is 5.36. The number of nitrogens with one attached hydrogen (secondary N) is 2. The van der Waals surface area contributed by atoms with Gasteiger partial charge in [-0.15, -0.1) is 0 Å². The maximum Gasteiger partial charge on any atom is 0.407 e. The van der Waals surface area contributed by atoms with Crippen molar-refractivity contribution >= 4 is 24.8 Å². The monoisotopic (exact) mass is 624 g/mol. The zero-order chi connectivity index (χ0) is 33.2. The molecule has 2 unspecified atom stereocenters. The fraction of sp³-hybridized carbons (Fsp3) is 0.455. The first-order valence-electron chi connectivity index (χ1n) is 15.1. The van der Waals surface area contributed by atoms with Crippen LogP contribution in [0.2, 0.25) is 0 Å². The molecule has 12 nitrogen and oxygen atoms in total. The molecule has 3 rings (SSSR count). The van der Waals surface area contributed by atoms with Gasteiger partial charge in [-0.3, -0.25) is 19.4 Å². The summed E-state index contributed by atoms with van der Waals surface area (Å²) in [6.45, 7) is 9.33. The first-order valence-corrected chi connectivity index (χ1v) is 15.1. The molecule has 0 radical (unpaired) electrons. The first-order chi connectivity index (χ1) is 21.8. The zero-order valence-electron chi connectivity index (χ0n) is 27.1. The normalized spacial score (nSPS) is 16.6. The number of carbonyl (C=O) groups excluding carboxylic acids is 4. The van der Waals surface area contributed by atoms with Crippen molar-refractivity contribution in [1.82, 2.24) is 30.5 Å². The quantitative estimate of drug-likeness (QED) is 0.126. The van der Waals surface area contributed by atoms with Crippen LogP contribution in [0.25, 0.3) is 0 Å². The lowest BCUT2D eigenvalue weighted by Gasteiger charge is -2.50. The van der Waals surface area contributed by atoms with Gasteiger partial charge >= 0.3 is 6.09 Å². The van der Waals surface area contributed by atoms with E-state index in [1.807, 2.05) is 63.4 Å². The molecular weight excluding hydrogens is 576 g/mol. The van der Waals surface area contributed by atoms with E-state index in [-0.39, 0.29) is 31.6 Å². The number of hydrogen-bond acceptors (Lipinski definition) is 8. The molecule has 45 heavy (non-hydrogen) atoms. The molecule has 3 atom stereocenters. The Morgan fingerprint density at radius 1 is 1.16 bits per heavy atom. The average Bonchev–Trinajstić information content (AvgIpc) is 3.07. The lowest BCUT2D eigenvalue weighted by atomic mass is 9.99. The number of rotatable bonds is 16. The van der Waals surface area contributed by atoms with Gasteiger partial charge in [0.15, 0.2) is 0 Å². The predicted molar refractivity (Wildman–Crippen MR) is 173 cm³/mol. The second-order valence-corrected chi connectivity index (χ2v) is 10.4. The van der Waals surface area contributed by atoms with Crippen molar-refractivity contribution in [1.29, 1.82) is 0 Å². The van der Waals surface area contributed by atoms with E-state index in [9.17, 15) is 19.2 Å². The lowest BCUT2D eigenvalue weighted by Crippen LogP contribution is -2.68. The molecule has 0 aromatic heterocycles. The van der Waals surface area contributed by atoms with Gasteiger partial charge in [-0.2, -0.15) is 0 Å². The molecule has 4 amide bonds. The molecule has 0 spiro atoms. The minimum Gasteiger partial charge on any atom is -0.497 e. The molecule has 12 heteroatoms. The molecule has 2 aromatic carbocycles. The summed E-state index contributed by atoms with van der Waals surface area (Å²) in [4.78, 5) is 52.5. The highest BCUT2D eigenvalue weighted by Crippen LogP contribution is 2.29. The Hall–Kier alpha value is -4.42. The van der Waals surface area contributed by atoms with E-state index in [0.29, 0.717) is 32.2 Å². The number of nitrogens with zero attached hydrogens (tertiary/aromatic N) is 4. The van der Waals surface area contributed by atoms with Gasteiger partial charge in [0, 0.05) is 26.7 Å². The summed E-state index contributed by atoms with van der Waals surface area (Å²) in [6, 6.07) is 16.6. The van der Waals surface area contributed by atoms with E-state index in [0.717, 1.165) is 17.9 Å². The van der Waals surface area contributed by atoms with E-state index in [1.54, 1.807) is 24.1 Å². The number of piperazine rings is 1. The van der Waals surface area contributed by atoms with Gasteiger partial charge in [-0.1, -0.05) is 62.0 Å². The third-order valence-corrected chi connectivity index (χ3v) is 7.56. The van der Waals surface area contributed by atoms with Crippen LogP contribution in [-0.2, 0) is 25.7 Å². The molecule has 1 aliphatic rings. The van der Waals surface area contributed by atoms with Crippen LogP contribution >= 0.6 is 0 Å². The van der Waals surface area contributed by atoms with E-state index in [2.05, 4.69) is 29.3 Å². The molecule has 1 aliphatic heterocycles. The molecular formula is C33H48N6O6. The SMILES string of the molecule is C=CCOC(=O)NCCC[C@H]1C(=O)N(C(C)c2ccccc2)CC(N(C=O)N(C)CC)N1C=O.CNCc1ccc(OC)cc1. The van der Waals surface area contributed by atoms with Crippen LogP contribution in [0.4, 0.5) is 4.79 Å². The van der Waals surface area contributed by atoms with Gasteiger partial charge in [0.2, 0.25) is 18.7 Å². The Bertz CT molecular complexity index is 1200. The van der Waals surface area contributed by atoms with Crippen molar-refractivity contribution in [2.45, 2.75) is 51.5 Å². The van der Waals surface area contributed by atoms with Crippen LogP contribution in [0.1, 0.15) is 43.9 Å². The van der Waals surface area contributed by atoms with Gasteiger partial charge in [0.1, 0.15) is 24.6 Å². The van der Waals surface area contributed by atoms with Crippen LogP contribution < -0.4 is 15.4 Å². The molecule has 1 saturated heterocycles. The average molecular weight is 625 g/mol. The van der Waals surface area contributed by atoms with Crippen LogP contribution in [0.3, 0.4) is 0 Å². The van der Waals surface area contributed by atoms with Crippen LogP contribution in [-0.4, -0.2) is 104 Å². The number of carbonyl (C=O) groups is 4. The molecule has 1 heterocycles. The van der Waals surface area contributed by atoms with Gasteiger partial charge in [-0.05, 0) is 50.1 Å². The number of alkyl carbamates (subject to hydrolysis) is 1. The minimum atomic E-state index is -0.777. The summed E-state index contributed by atoms with van der Waals surface area (Å²) >= 11 is 0. The van der Waals surface area contributed by atoms with Crippen molar-refractivity contribution in [2.24, 2.45) is 0 Å². The smallest absolute Gasteiger partial charge is 0.407 e. The molecule has 0 saturated carbocycles. The summed E-state index contributed by atoms with van der Waals surface area (Å²) in [5, 5.41) is 8.86. The Morgan fingerprint density at radius 3 is 2.40 bits per heavy atom. The highest BCUT2D eigenvalue weighted by atomic mass is 16.5. The Morgan fingerprint density at radius 2 is 1.84 bits per heavy atom. The maximum absolute atomic E-state index is 13.6. The van der Waals surface area contributed by atoms with Gasteiger partial charge in [0.05, 0.1) is 19.7 Å². The minimum absolute atomic E-state index is 0.104. The highest BCUT2D eigenvalue weighted by molar-refractivity contribution is 5.85. The number of benzene rings is 2. The highest BCUT2D eigenvalue weighted by Gasteiger charge is 2.44. The number of amides is 4. The number of hydrogen-bond donors (Lipinski definition) is 2. The third-order valence-electron chi connectivity index (χ3n) is 7.56. The zero-order valence-corrected chi connectivity index (χ0v) is 27.1. The maximum atomic E-state index is 13.6. The standard InChI is InChI=1S/C24H35N5O5.C9H13NO/c1-5-15-34-24(33)25-14-10-13-21-23(32)27(19(3)20-11-8-7-9-12-20)16-22(28(21)17-30)29(18-31)26(4)6-2;1-10-7-8-3-5-9(11-2)6-4-8/h5,7-9,11-12,17-19,21-22H,1,6,10,13-16H2,2-4H3,(H,25,33);3-6,10H,7H2,1-2H3/t19?,21-,22?;/m0./s1. The molecule has 246 valence electrons. The fourth-order valence-corrected chi connectivity index (χ4v) is 4.94. The molecule has 2 N–H and O–H groups in total. The summed E-state index contributed by atoms with van der Waals surface area (Å²) in [6.07, 6.45) is 2.31. The molecule has 2 aromatic rings. The van der Waals surface area contributed by atoms with Crippen molar-refractivity contribution in [2.75, 3.05) is 47.4 Å². The third kappa shape index (κ3) is 10.9. The Kier molecular flexibility index (Phi) is 16.2. The summed E-state index contributed by atoms with van der Waals surface area (Å²) in [5.41, 5.74) is 2.23. The van der Waals surface area contributed by atoms with Crippen LogP contribution in [0, 0.1) is 0 Å². The first kappa shape index (κ1) is 36.8. The van der Waals surface area contributed by atoms with E-state index >= 15 is 0 Å². The molecule has 0 bridgehead atoms. The fourth-order valence-electron chi connectivity index (χ4n) is 4.94. The van der Waals surface area contributed by atoms with Crippen LogP contribution in [0.15, 0.2) is 67.3 Å². The topological polar surface area (TPSA) is 124 Å². The van der Waals surface area contributed by atoms with E-state index in [4.69, 9.17) is 9.47 Å². The lowest BCUT2D eigenvalue weighted by molar-refractivity contribution is -0.177. The molecule has 0 aliphatic carbocycles. The molecule has 1 fully saturated rings. The van der Waals surface area contributed by atoms with E-state index < -0.39 is 18.3 Å². The number of hydrazine groups is 1. The van der Waals surface area contributed by atoms with Crippen molar-refractivity contribution in [3.05, 3.63) is 78.4 Å². The van der Waals surface area contributed by atoms with Crippen LogP contribution in [0.5, 0.6) is 5.75 Å². The Labute approximate surface area is 266 Å². The van der Waals surface area contributed by atoms with Gasteiger partial charge in [-0.25, -0.2) is 9.80 Å². The largest absolute Gasteiger partial charge is 0.497 e.